The van der Waals surface area contributed by atoms with Crippen molar-refractivity contribution in [2.24, 2.45) is 0 Å². The Hall–Kier alpha value is -2.06. The third kappa shape index (κ3) is 5.24. The minimum absolute atomic E-state index is 0.246. The lowest BCUT2D eigenvalue weighted by molar-refractivity contribution is -0.122. The Labute approximate surface area is 149 Å². The molecular weight excluding hydrogens is 346 g/mol. The summed E-state index contributed by atoms with van der Waals surface area (Å²) < 4.78 is 11.6. The molecule has 0 bridgehead atoms. The third-order valence-corrected chi connectivity index (χ3v) is 4.93. The number of methoxy groups -OCH3 is 1. The summed E-state index contributed by atoms with van der Waals surface area (Å²) in [6.07, 6.45) is 1.72. The second-order valence-corrected chi connectivity index (χ2v) is 6.90. The van der Waals surface area contributed by atoms with Crippen LogP contribution in [0.3, 0.4) is 0 Å². The van der Waals surface area contributed by atoms with Gasteiger partial charge in [0, 0.05) is 5.75 Å². The van der Waals surface area contributed by atoms with Crippen LogP contribution < -0.4 is 14.8 Å². The number of hydrogen-bond acceptors (Lipinski definition) is 7. The molecule has 0 fully saturated rings. The van der Waals surface area contributed by atoms with Gasteiger partial charge in [0.15, 0.2) is 10.4 Å². The Kier molecular flexibility index (Phi) is 7.07. The number of thioether (sulfide) groups is 1. The highest BCUT2D eigenvalue weighted by atomic mass is 32.2. The van der Waals surface area contributed by atoms with Crippen molar-refractivity contribution in [1.82, 2.24) is 10.2 Å². The molecule has 0 saturated carbocycles. The van der Waals surface area contributed by atoms with Crippen molar-refractivity contribution in [3.63, 3.8) is 0 Å². The molecule has 128 valence electrons. The van der Waals surface area contributed by atoms with Gasteiger partial charge in [-0.2, -0.15) is 0 Å². The SMILES string of the molecule is C=CCSc1nnc(NC(=O)[C@H](CC)Oc2ccc(OC)cc2)s1. The predicted octanol–water partition coefficient (Wildman–Crippen LogP) is 3.62. The highest BCUT2D eigenvalue weighted by Gasteiger charge is 2.20. The van der Waals surface area contributed by atoms with Crippen molar-refractivity contribution in [2.75, 3.05) is 18.2 Å². The number of anilines is 1. The summed E-state index contributed by atoms with van der Waals surface area (Å²) in [5, 5.41) is 11.2. The number of carbonyl (C=O) groups is 1. The molecule has 0 aliphatic rings. The number of aromatic nitrogens is 2. The Bertz CT molecular complexity index is 673. The van der Waals surface area contributed by atoms with Crippen LogP contribution in [-0.4, -0.2) is 35.1 Å². The average Bonchev–Trinajstić information content (AvgIpc) is 3.05. The zero-order valence-electron chi connectivity index (χ0n) is 13.5. The van der Waals surface area contributed by atoms with Crippen LogP contribution in [0.15, 0.2) is 41.3 Å². The van der Waals surface area contributed by atoms with E-state index < -0.39 is 6.10 Å². The summed E-state index contributed by atoms with van der Waals surface area (Å²) in [6.45, 7) is 5.55. The first kappa shape index (κ1) is 18.3. The van der Waals surface area contributed by atoms with Crippen LogP contribution in [0.2, 0.25) is 0 Å². The van der Waals surface area contributed by atoms with Gasteiger partial charge in [-0.05, 0) is 30.7 Å². The van der Waals surface area contributed by atoms with Gasteiger partial charge in [-0.15, -0.1) is 16.8 Å². The summed E-state index contributed by atoms with van der Waals surface area (Å²) in [4.78, 5) is 12.3. The lowest BCUT2D eigenvalue weighted by Gasteiger charge is -2.16. The van der Waals surface area contributed by atoms with E-state index in [1.54, 1.807) is 37.5 Å². The van der Waals surface area contributed by atoms with Gasteiger partial charge >= 0.3 is 0 Å². The molecule has 0 radical (unpaired) electrons. The molecule has 0 aliphatic carbocycles. The second kappa shape index (κ2) is 9.29. The van der Waals surface area contributed by atoms with Gasteiger partial charge in [-0.1, -0.05) is 36.1 Å². The molecule has 0 aliphatic heterocycles. The smallest absolute Gasteiger partial charge is 0.267 e. The number of amides is 1. The Morgan fingerprint density at radius 3 is 2.71 bits per heavy atom. The summed E-state index contributed by atoms with van der Waals surface area (Å²) in [5.41, 5.74) is 0. The Balaban J connectivity index is 1.94. The Morgan fingerprint density at radius 2 is 2.08 bits per heavy atom. The molecule has 8 heteroatoms. The highest BCUT2D eigenvalue weighted by Crippen LogP contribution is 2.26. The summed E-state index contributed by atoms with van der Waals surface area (Å²) in [5.74, 6) is 1.85. The molecule has 2 rings (SSSR count). The van der Waals surface area contributed by atoms with Crippen LogP contribution >= 0.6 is 23.1 Å². The van der Waals surface area contributed by atoms with Crippen molar-refractivity contribution in [1.29, 1.82) is 0 Å². The lowest BCUT2D eigenvalue weighted by Crippen LogP contribution is -2.32. The van der Waals surface area contributed by atoms with Crippen molar-refractivity contribution >= 4 is 34.1 Å². The molecule has 2 aromatic rings. The van der Waals surface area contributed by atoms with E-state index in [4.69, 9.17) is 9.47 Å². The second-order valence-electron chi connectivity index (χ2n) is 4.65. The molecule has 0 saturated heterocycles. The molecule has 6 nitrogen and oxygen atoms in total. The third-order valence-electron chi connectivity index (χ3n) is 2.96. The van der Waals surface area contributed by atoms with Crippen LogP contribution in [-0.2, 0) is 4.79 Å². The number of carbonyl (C=O) groups excluding carboxylic acids is 1. The average molecular weight is 365 g/mol. The van der Waals surface area contributed by atoms with Crippen LogP contribution in [0.5, 0.6) is 11.5 Å². The summed E-state index contributed by atoms with van der Waals surface area (Å²) in [6, 6.07) is 7.11. The largest absolute Gasteiger partial charge is 0.497 e. The van der Waals surface area contributed by atoms with Gasteiger partial charge in [0.05, 0.1) is 7.11 Å². The molecule has 24 heavy (non-hydrogen) atoms. The number of benzene rings is 1. The first-order chi connectivity index (χ1) is 11.7. The molecule has 0 spiro atoms. The fourth-order valence-corrected chi connectivity index (χ4v) is 3.29. The van der Waals surface area contributed by atoms with Gasteiger partial charge < -0.3 is 9.47 Å². The van der Waals surface area contributed by atoms with E-state index in [0.29, 0.717) is 17.3 Å². The number of rotatable bonds is 9. The van der Waals surface area contributed by atoms with Gasteiger partial charge in [0.25, 0.3) is 5.91 Å². The first-order valence-corrected chi connectivity index (χ1v) is 9.15. The molecule has 1 aromatic carbocycles. The monoisotopic (exact) mass is 365 g/mol. The summed E-state index contributed by atoms with van der Waals surface area (Å²) in [7, 11) is 1.60. The van der Waals surface area contributed by atoms with E-state index in [1.807, 2.05) is 6.92 Å². The number of nitrogens with zero attached hydrogens (tertiary/aromatic N) is 2. The fourth-order valence-electron chi connectivity index (χ4n) is 1.78. The molecular formula is C16H19N3O3S2. The van der Waals surface area contributed by atoms with E-state index in [0.717, 1.165) is 15.8 Å². The zero-order chi connectivity index (χ0) is 17.4. The van der Waals surface area contributed by atoms with Crippen LogP contribution in [0, 0.1) is 0 Å². The maximum Gasteiger partial charge on any atom is 0.267 e. The normalized spacial score (nSPS) is 11.6. The van der Waals surface area contributed by atoms with Crippen molar-refractivity contribution < 1.29 is 14.3 Å². The van der Waals surface area contributed by atoms with Gasteiger partial charge in [0.1, 0.15) is 11.5 Å². The molecule has 0 unspecified atom stereocenters. The zero-order valence-corrected chi connectivity index (χ0v) is 15.2. The fraction of sp³-hybridized carbons (Fsp3) is 0.312. The van der Waals surface area contributed by atoms with Crippen molar-refractivity contribution in [3.8, 4) is 11.5 Å². The molecule has 1 heterocycles. The van der Waals surface area contributed by atoms with Crippen LogP contribution in [0.25, 0.3) is 0 Å². The predicted molar refractivity (Wildman–Crippen MR) is 97.2 cm³/mol. The van der Waals surface area contributed by atoms with Crippen LogP contribution in [0.1, 0.15) is 13.3 Å². The summed E-state index contributed by atoms with van der Waals surface area (Å²) >= 11 is 2.85. The first-order valence-electron chi connectivity index (χ1n) is 7.35. The van der Waals surface area contributed by atoms with E-state index in [2.05, 4.69) is 22.1 Å². The minimum atomic E-state index is -0.605. The topological polar surface area (TPSA) is 73.3 Å². The number of ether oxygens (including phenoxy) is 2. The van der Waals surface area contributed by atoms with Crippen molar-refractivity contribution in [3.05, 3.63) is 36.9 Å². The van der Waals surface area contributed by atoms with Gasteiger partial charge in [-0.3, -0.25) is 10.1 Å². The molecule has 1 N–H and O–H groups in total. The van der Waals surface area contributed by atoms with E-state index in [-0.39, 0.29) is 5.91 Å². The van der Waals surface area contributed by atoms with Crippen LogP contribution in [0.4, 0.5) is 5.13 Å². The maximum absolute atomic E-state index is 12.3. The number of hydrogen-bond donors (Lipinski definition) is 1. The molecule has 1 aromatic heterocycles. The maximum atomic E-state index is 12.3. The van der Waals surface area contributed by atoms with E-state index in [1.165, 1.54) is 23.1 Å². The standard InChI is InChI=1S/C16H19N3O3S2/c1-4-10-23-16-19-18-15(24-16)17-14(20)13(5-2)22-12-8-6-11(21-3)7-9-12/h4,6-9,13H,1,5,10H2,2-3H3,(H,17,18,20)/t13-/m0/s1. The number of nitrogens with one attached hydrogen (secondary N) is 1. The van der Waals surface area contributed by atoms with E-state index in [9.17, 15) is 4.79 Å². The molecule has 1 atom stereocenters. The van der Waals surface area contributed by atoms with Crippen molar-refractivity contribution in [2.45, 2.75) is 23.8 Å². The van der Waals surface area contributed by atoms with Gasteiger partial charge in [0.2, 0.25) is 5.13 Å². The molecule has 1 amide bonds. The lowest BCUT2D eigenvalue weighted by atomic mass is 10.2. The highest BCUT2D eigenvalue weighted by molar-refractivity contribution is 8.01. The van der Waals surface area contributed by atoms with Gasteiger partial charge in [-0.25, -0.2) is 0 Å². The quantitative estimate of drug-likeness (QED) is 0.416. The van der Waals surface area contributed by atoms with E-state index >= 15 is 0 Å². The minimum Gasteiger partial charge on any atom is -0.497 e. The Morgan fingerprint density at radius 1 is 1.38 bits per heavy atom.